The molecule has 3 aliphatic rings. The van der Waals surface area contributed by atoms with E-state index >= 15 is 0 Å². The fourth-order valence-corrected chi connectivity index (χ4v) is 11.7. The van der Waals surface area contributed by atoms with Crippen LogP contribution in [0.4, 0.5) is 0 Å². The monoisotopic (exact) mass is 851 g/mol. The van der Waals surface area contributed by atoms with E-state index in [0.29, 0.717) is 17.5 Å². The lowest BCUT2D eigenvalue weighted by Gasteiger charge is -2.30. The molecule has 0 fully saturated rings. The molecule has 14 rings (SSSR count). The number of hydrogen-bond acceptors (Lipinski definition) is 3. The van der Waals surface area contributed by atoms with E-state index in [4.69, 9.17) is 15.0 Å². The van der Waals surface area contributed by atoms with Gasteiger partial charge in [0.15, 0.2) is 17.5 Å². The second-order valence-corrected chi connectivity index (χ2v) is 18.1. The van der Waals surface area contributed by atoms with Gasteiger partial charge in [0.25, 0.3) is 0 Å². The molecule has 3 aliphatic carbocycles. The maximum atomic E-state index is 5.35. The Morgan fingerprint density at radius 1 is 0.313 bits per heavy atom. The number of rotatable bonds is 5. The zero-order chi connectivity index (χ0) is 44.1. The number of hydrogen-bond donors (Lipinski definition) is 0. The molecule has 3 nitrogen and oxygen atoms in total. The van der Waals surface area contributed by atoms with Gasteiger partial charge < -0.3 is 0 Å². The summed E-state index contributed by atoms with van der Waals surface area (Å²) in [7, 11) is 0. The minimum Gasteiger partial charge on any atom is -0.208 e. The van der Waals surface area contributed by atoms with Crippen molar-refractivity contribution in [2.75, 3.05) is 0 Å². The highest BCUT2D eigenvalue weighted by Gasteiger charge is 2.51. The molecule has 0 aliphatic heterocycles. The Bertz CT molecular complexity index is 3870. The lowest BCUT2D eigenvalue weighted by molar-refractivity contribution is 0.794. The van der Waals surface area contributed by atoms with Crippen LogP contribution in [0.5, 0.6) is 0 Å². The third kappa shape index (κ3) is 5.61. The van der Waals surface area contributed by atoms with Crippen molar-refractivity contribution >= 4 is 37.9 Å². The van der Waals surface area contributed by atoms with Gasteiger partial charge in [-0.1, -0.05) is 206 Å². The van der Waals surface area contributed by atoms with Crippen molar-refractivity contribution in [3.63, 3.8) is 0 Å². The third-order valence-corrected chi connectivity index (χ3v) is 14.5. The first kappa shape index (κ1) is 37.8. The van der Waals surface area contributed by atoms with Crippen LogP contribution < -0.4 is 0 Å². The minimum atomic E-state index is -0.405. The summed E-state index contributed by atoms with van der Waals surface area (Å²) in [6.07, 6.45) is 8.91. The lowest BCUT2D eigenvalue weighted by Crippen LogP contribution is -2.25. The van der Waals surface area contributed by atoms with Gasteiger partial charge >= 0.3 is 0 Å². The Balaban J connectivity index is 0.978. The van der Waals surface area contributed by atoms with Crippen LogP contribution in [0.15, 0.2) is 224 Å². The SMILES string of the molecule is C1=CC(c2cccc(-c3nc(-c4ccccc4)nc(-c4cccc5c6ccccc6c6cc(-c7ccc8c(c7)C7(c9ccccc9-c9ccccc97)c7ccccc7-8)ccc6c45)n3)c2)=CCC1. The van der Waals surface area contributed by atoms with Gasteiger partial charge in [0, 0.05) is 22.1 Å². The van der Waals surface area contributed by atoms with Gasteiger partial charge in [0.1, 0.15) is 0 Å². The summed E-state index contributed by atoms with van der Waals surface area (Å²) in [5.74, 6) is 1.95. The van der Waals surface area contributed by atoms with Gasteiger partial charge in [-0.05, 0) is 125 Å². The van der Waals surface area contributed by atoms with Crippen LogP contribution in [-0.4, -0.2) is 15.0 Å². The molecular weight excluding hydrogens is 811 g/mol. The first-order valence-corrected chi connectivity index (χ1v) is 23.3. The first-order chi connectivity index (χ1) is 33.2. The quantitative estimate of drug-likeness (QED) is 0.162. The Morgan fingerprint density at radius 2 is 0.836 bits per heavy atom. The van der Waals surface area contributed by atoms with Gasteiger partial charge in [-0.15, -0.1) is 0 Å². The Hall–Kier alpha value is -8.53. The predicted molar refractivity (Wildman–Crippen MR) is 277 cm³/mol. The number of allylic oxidation sites excluding steroid dienone is 4. The summed E-state index contributed by atoms with van der Waals surface area (Å²) in [6.45, 7) is 0. The fourth-order valence-electron chi connectivity index (χ4n) is 11.7. The van der Waals surface area contributed by atoms with E-state index < -0.39 is 5.41 Å². The van der Waals surface area contributed by atoms with Crippen LogP contribution in [0, 0.1) is 0 Å². The second kappa shape index (κ2) is 14.7. The Kier molecular flexibility index (Phi) is 8.32. The topological polar surface area (TPSA) is 38.7 Å². The summed E-state index contributed by atoms with van der Waals surface area (Å²) >= 11 is 0. The average Bonchev–Trinajstić information content (AvgIpc) is 3.88. The number of benzene rings is 10. The van der Waals surface area contributed by atoms with E-state index in [2.05, 4.69) is 206 Å². The van der Waals surface area contributed by atoms with Crippen molar-refractivity contribution in [3.05, 3.63) is 252 Å². The predicted octanol–water partition coefficient (Wildman–Crippen LogP) is 16.1. The zero-order valence-electron chi connectivity index (χ0n) is 36.6. The third-order valence-electron chi connectivity index (χ3n) is 14.5. The normalized spacial score (nSPS) is 14.0. The Labute approximate surface area is 389 Å². The lowest BCUT2D eigenvalue weighted by atomic mass is 9.70. The molecule has 0 saturated carbocycles. The minimum absolute atomic E-state index is 0.405. The molecule has 0 radical (unpaired) electrons. The van der Waals surface area contributed by atoms with Gasteiger partial charge in [0.2, 0.25) is 0 Å². The summed E-state index contributed by atoms with van der Waals surface area (Å²) < 4.78 is 0. The molecule has 1 heterocycles. The van der Waals surface area contributed by atoms with Crippen LogP contribution in [0.25, 0.3) is 105 Å². The fraction of sp³-hybridized carbons (Fsp3) is 0.0469. The smallest absolute Gasteiger partial charge is 0.164 e. The molecule has 0 saturated heterocycles. The van der Waals surface area contributed by atoms with Crippen LogP contribution >= 0.6 is 0 Å². The number of aromatic nitrogens is 3. The van der Waals surface area contributed by atoms with Gasteiger partial charge in [-0.25, -0.2) is 15.0 Å². The molecule has 0 amide bonds. The number of nitrogens with zero attached hydrogens (tertiary/aromatic N) is 3. The largest absolute Gasteiger partial charge is 0.208 e. The highest BCUT2D eigenvalue weighted by atomic mass is 15.0. The van der Waals surface area contributed by atoms with E-state index in [-0.39, 0.29) is 0 Å². The molecule has 1 aromatic heterocycles. The first-order valence-electron chi connectivity index (χ1n) is 23.3. The van der Waals surface area contributed by atoms with E-state index in [1.165, 1.54) is 82.8 Å². The molecule has 67 heavy (non-hydrogen) atoms. The van der Waals surface area contributed by atoms with E-state index in [9.17, 15) is 0 Å². The van der Waals surface area contributed by atoms with Crippen molar-refractivity contribution < 1.29 is 0 Å². The molecule has 0 unspecified atom stereocenters. The molecule has 10 aromatic carbocycles. The van der Waals surface area contributed by atoms with Gasteiger partial charge in [0.05, 0.1) is 5.41 Å². The molecule has 312 valence electrons. The van der Waals surface area contributed by atoms with E-state index in [1.807, 2.05) is 18.2 Å². The molecular formula is C64H41N3. The molecule has 0 bridgehead atoms. The number of fused-ring (bicyclic) bond motifs is 16. The highest BCUT2D eigenvalue weighted by Crippen LogP contribution is 2.63. The van der Waals surface area contributed by atoms with Crippen molar-refractivity contribution in [2.45, 2.75) is 18.3 Å². The Morgan fingerprint density at radius 3 is 1.55 bits per heavy atom. The second-order valence-electron chi connectivity index (χ2n) is 18.1. The van der Waals surface area contributed by atoms with Gasteiger partial charge in [-0.2, -0.15) is 0 Å². The van der Waals surface area contributed by atoms with Crippen molar-refractivity contribution in [2.24, 2.45) is 0 Å². The summed E-state index contributed by atoms with van der Waals surface area (Å²) in [4.78, 5) is 15.8. The molecule has 0 N–H and O–H groups in total. The molecule has 11 aromatic rings. The zero-order valence-corrected chi connectivity index (χ0v) is 36.6. The van der Waals surface area contributed by atoms with Crippen LogP contribution in [0.3, 0.4) is 0 Å². The highest BCUT2D eigenvalue weighted by molar-refractivity contribution is 6.28. The van der Waals surface area contributed by atoms with Crippen LogP contribution in [-0.2, 0) is 5.41 Å². The van der Waals surface area contributed by atoms with Crippen molar-refractivity contribution in [1.82, 2.24) is 15.0 Å². The summed E-state index contributed by atoms with van der Waals surface area (Å²) in [5, 5.41) is 7.08. The maximum absolute atomic E-state index is 5.35. The average molecular weight is 852 g/mol. The van der Waals surface area contributed by atoms with E-state index in [1.54, 1.807) is 0 Å². The van der Waals surface area contributed by atoms with E-state index in [0.717, 1.165) is 45.9 Å². The molecule has 3 heteroatoms. The van der Waals surface area contributed by atoms with Crippen molar-refractivity contribution in [3.8, 4) is 67.5 Å². The standard InChI is InChI=1S/C64H41N3/c1-3-17-40(18-4-1)42-21-15-22-45(37-42)62-65-61(41-19-5-2-6-20-41)66-63(67-62)54-29-16-28-52-46-23-7-8-24-47(46)55-38-43(34-36-53(55)60(52)54)44-33-35-51-50-27-11-14-32-58(50)64(59(51)39-44)56-30-12-9-25-48(56)49-26-10-13-31-57(49)64/h2-3,5-39H,1,4H2. The van der Waals surface area contributed by atoms with Crippen molar-refractivity contribution in [1.29, 1.82) is 0 Å². The molecule has 0 atom stereocenters. The summed E-state index contributed by atoms with van der Waals surface area (Å²) in [5.41, 5.74) is 17.9. The maximum Gasteiger partial charge on any atom is 0.164 e. The van der Waals surface area contributed by atoms with Crippen LogP contribution in [0.2, 0.25) is 0 Å². The summed E-state index contributed by atoms with van der Waals surface area (Å²) in [6, 6.07) is 75.6. The van der Waals surface area contributed by atoms with Gasteiger partial charge in [-0.3, -0.25) is 0 Å². The molecule has 1 spiro atoms. The van der Waals surface area contributed by atoms with Crippen LogP contribution in [0.1, 0.15) is 40.7 Å².